The number of methoxy groups -OCH3 is 1. The van der Waals surface area contributed by atoms with Crippen LogP contribution in [-0.4, -0.2) is 59.8 Å². The Morgan fingerprint density at radius 3 is 2.63 bits per heavy atom. The second-order valence-electron chi connectivity index (χ2n) is 5.83. The standard InChI is InChI=1S/C13H20N2O4/c1-19-8-5-11(13(17)18)15(6-8)12(16)9-4-7-2-3-10(9)14-7/h7-11,14H,2-6H2,1H3,(H,17,18). The third-order valence-corrected chi connectivity index (χ3v) is 4.78. The molecule has 0 radical (unpaired) electrons. The van der Waals surface area contributed by atoms with Crippen LogP contribution in [0.3, 0.4) is 0 Å². The van der Waals surface area contributed by atoms with Crippen molar-refractivity contribution in [3.63, 3.8) is 0 Å². The fraction of sp³-hybridized carbons (Fsp3) is 0.846. The number of hydrogen-bond donors (Lipinski definition) is 2. The molecule has 3 aliphatic heterocycles. The van der Waals surface area contributed by atoms with E-state index in [2.05, 4.69) is 5.32 Å². The zero-order valence-electron chi connectivity index (χ0n) is 11.0. The number of ether oxygens (including phenoxy) is 1. The fourth-order valence-electron chi connectivity index (χ4n) is 3.76. The van der Waals surface area contributed by atoms with Crippen molar-refractivity contribution in [2.45, 2.75) is 49.9 Å². The molecule has 0 aliphatic carbocycles. The maximum Gasteiger partial charge on any atom is 0.326 e. The lowest BCUT2D eigenvalue weighted by molar-refractivity contribution is -0.150. The highest BCUT2D eigenvalue weighted by atomic mass is 16.5. The Bertz CT molecular complexity index is 400. The smallest absolute Gasteiger partial charge is 0.326 e. The first kappa shape index (κ1) is 12.9. The second kappa shape index (κ2) is 4.76. The van der Waals surface area contributed by atoms with E-state index in [1.165, 1.54) is 4.90 Å². The summed E-state index contributed by atoms with van der Waals surface area (Å²) in [6, 6.07) is -0.0341. The number of carboxylic acids is 1. The largest absolute Gasteiger partial charge is 0.480 e. The fourth-order valence-corrected chi connectivity index (χ4v) is 3.76. The molecule has 6 heteroatoms. The maximum atomic E-state index is 12.6. The van der Waals surface area contributed by atoms with Crippen molar-refractivity contribution in [1.29, 1.82) is 0 Å². The zero-order valence-corrected chi connectivity index (χ0v) is 11.0. The first-order chi connectivity index (χ1) is 9.10. The molecule has 6 nitrogen and oxygen atoms in total. The quantitative estimate of drug-likeness (QED) is 0.743. The van der Waals surface area contributed by atoms with Crippen molar-refractivity contribution in [2.75, 3.05) is 13.7 Å². The molecule has 2 bridgehead atoms. The summed E-state index contributed by atoms with van der Waals surface area (Å²) in [7, 11) is 1.57. The predicted octanol–water partition coefficient (Wildman–Crippen LogP) is -0.173. The summed E-state index contributed by atoms with van der Waals surface area (Å²) in [5.41, 5.74) is 0. The molecule has 3 rings (SSSR count). The molecule has 2 N–H and O–H groups in total. The highest BCUT2D eigenvalue weighted by Crippen LogP contribution is 2.36. The molecule has 1 amide bonds. The van der Waals surface area contributed by atoms with Crippen LogP contribution in [0.15, 0.2) is 0 Å². The maximum absolute atomic E-state index is 12.6. The zero-order chi connectivity index (χ0) is 13.6. The van der Waals surface area contributed by atoms with Gasteiger partial charge in [0.15, 0.2) is 0 Å². The highest BCUT2D eigenvalue weighted by Gasteiger charge is 2.48. The number of nitrogens with zero attached hydrogens (tertiary/aromatic N) is 1. The summed E-state index contributed by atoms with van der Waals surface area (Å²) in [6.45, 7) is 0.403. The van der Waals surface area contributed by atoms with Crippen LogP contribution in [-0.2, 0) is 14.3 Å². The van der Waals surface area contributed by atoms with Gasteiger partial charge in [-0.25, -0.2) is 4.79 Å². The molecule has 0 aromatic rings. The van der Waals surface area contributed by atoms with Gasteiger partial charge in [-0.3, -0.25) is 4.79 Å². The van der Waals surface area contributed by atoms with E-state index in [0.29, 0.717) is 19.0 Å². The SMILES string of the molecule is COC1CC(C(=O)O)N(C(=O)C2CC3CCC2N3)C1. The second-order valence-corrected chi connectivity index (χ2v) is 5.83. The number of carbonyl (C=O) groups excluding carboxylic acids is 1. The van der Waals surface area contributed by atoms with Crippen molar-refractivity contribution < 1.29 is 19.4 Å². The molecule has 3 aliphatic rings. The third kappa shape index (κ3) is 2.12. The van der Waals surface area contributed by atoms with Crippen molar-refractivity contribution >= 4 is 11.9 Å². The molecule has 0 spiro atoms. The Balaban J connectivity index is 1.73. The number of fused-ring (bicyclic) bond motifs is 2. The Morgan fingerprint density at radius 2 is 2.11 bits per heavy atom. The number of aliphatic carboxylic acids is 1. The molecule has 0 aromatic carbocycles. The summed E-state index contributed by atoms with van der Waals surface area (Å²) < 4.78 is 5.22. The molecule has 19 heavy (non-hydrogen) atoms. The van der Waals surface area contributed by atoms with E-state index in [-0.39, 0.29) is 24.0 Å². The molecule has 3 heterocycles. The summed E-state index contributed by atoms with van der Waals surface area (Å²) in [4.78, 5) is 25.4. The van der Waals surface area contributed by atoms with Crippen LogP contribution in [0.4, 0.5) is 0 Å². The summed E-state index contributed by atoms with van der Waals surface area (Å²) in [5.74, 6) is -0.980. The first-order valence-corrected chi connectivity index (χ1v) is 6.92. The first-order valence-electron chi connectivity index (χ1n) is 6.92. The minimum atomic E-state index is -0.927. The monoisotopic (exact) mass is 268 g/mol. The van der Waals surface area contributed by atoms with E-state index in [0.717, 1.165) is 19.3 Å². The summed E-state index contributed by atoms with van der Waals surface area (Å²) in [5, 5.41) is 12.7. The summed E-state index contributed by atoms with van der Waals surface area (Å²) in [6.07, 6.45) is 3.25. The molecule has 106 valence electrons. The van der Waals surface area contributed by atoms with Gasteiger partial charge in [-0.1, -0.05) is 0 Å². The van der Waals surface area contributed by atoms with Crippen LogP contribution >= 0.6 is 0 Å². The predicted molar refractivity (Wildman–Crippen MR) is 66.6 cm³/mol. The summed E-state index contributed by atoms with van der Waals surface area (Å²) >= 11 is 0. The average molecular weight is 268 g/mol. The van der Waals surface area contributed by atoms with Gasteiger partial charge in [0.25, 0.3) is 0 Å². The van der Waals surface area contributed by atoms with Crippen molar-refractivity contribution in [2.24, 2.45) is 5.92 Å². The number of amides is 1. The Morgan fingerprint density at radius 1 is 1.32 bits per heavy atom. The van der Waals surface area contributed by atoms with Crippen LogP contribution in [0.25, 0.3) is 0 Å². The van der Waals surface area contributed by atoms with Gasteiger partial charge >= 0.3 is 5.97 Å². The minimum absolute atomic E-state index is 0.00773. The molecular formula is C13H20N2O4. The van der Waals surface area contributed by atoms with E-state index in [1.807, 2.05) is 0 Å². The van der Waals surface area contributed by atoms with Gasteiger partial charge in [0, 0.05) is 32.2 Å². The van der Waals surface area contributed by atoms with Crippen LogP contribution in [0.2, 0.25) is 0 Å². The van der Waals surface area contributed by atoms with Gasteiger partial charge in [-0.05, 0) is 19.3 Å². The molecule has 5 atom stereocenters. The lowest BCUT2D eigenvalue weighted by Crippen LogP contribution is -2.46. The Hall–Kier alpha value is -1.14. The van der Waals surface area contributed by atoms with Gasteiger partial charge in [0.2, 0.25) is 5.91 Å². The number of rotatable bonds is 3. The number of likely N-dealkylation sites (tertiary alicyclic amines) is 1. The lowest BCUT2D eigenvalue weighted by atomic mass is 9.88. The topological polar surface area (TPSA) is 78.9 Å². The van der Waals surface area contributed by atoms with Crippen LogP contribution in [0, 0.1) is 5.92 Å². The molecule has 0 aromatic heterocycles. The van der Waals surface area contributed by atoms with Gasteiger partial charge in [0.05, 0.1) is 12.0 Å². The number of nitrogens with one attached hydrogen (secondary N) is 1. The van der Waals surface area contributed by atoms with E-state index in [4.69, 9.17) is 4.74 Å². The number of carboxylic acid groups (broad SMARTS) is 1. The number of hydrogen-bond acceptors (Lipinski definition) is 4. The van der Waals surface area contributed by atoms with E-state index >= 15 is 0 Å². The van der Waals surface area contributed by atoms with E-state index in [9.17, 15) is 14.7 Å². The molecule has 0 saturated carbocycles. The molecular weight excluding hydrogens is 248 g/mol. The highest BCUT2D eigenvalue weighted by molar-refractivity contribution is 5.86. The van der Waals surface area contributed by atoms with Gasteiger partial charge in [0.1, 0.15) is 6.04 Å². The van der Waals surface area contributed by atoms with Gasteiger partial charge < -0.3 is 20.1 Å². The van der Waals surface area contributed by atoms with Crippen LogP contribution in [0.5, 0.6) is 0 Å². The number of carbonyl (C=O) groups is 2. The van der Waals surface area contributed by atoms with Crippen LogP contribution < -0.4 is 5.32 Å². The van der Waals surface area contributed by atoms with Crippen LogP contribution in [0.1, 0.15) is 25.7 Å². The van der Waals surface area contributed by atoms with Crippen molar-refractivity contribution in [3.05, 3.63) is 0 Å². The van der Waals surface area contributed by atoms with E-state index in [1.54, 1.807) is 7.11 Å². The normalized spacial score (nSPS) is 40.9. The van der Waals surface area contributed by atoms with Crippen molar-refractivity contribution in [3.8, 4) is 0 Å². The van der Waals surface area contributed by atoms with Crippen molar-refractivity contribution in [1.82, 2.24) is 10.2 Å². The lowest BCUT2D eigenvalue weighted by Gasteiger charge is -2.28. The Labute approximate surface area is 112 Å². The van der Waals surface area contributed by atoms with E-state index < -0.39 is 12.0 Å². The third-order valence-electron chi connectivity index (χ3n) is 4.78. The molecule has 3 fully saturated rings. The average Bonchev–Trinajstić information content (AvgIpc) is 3.11. The molecule has 3 saturated heterocycles. The van der Waals surface area contributed by atoms with Gasteiger partial charge in [-0.2, -0.15) is 0 Å². The Kier molecular flexibility index (Phi) is 3.22. The van der Waals surface area contributed by atoms with Gasteiger partial charge in [-0.15, -0.1) is 0 Å². The minimum Gasteiger partial charge on any atom is -0.480 e. The molecule has 5 unspecified atom stereocenters.